The molecule has 7 nitrogen and oxygen atoms in total. The number of aromatic nitrogens is 4. The number of aryl methyl sites for hydroxylation is 1. The van der Waals surface area contributed by atoms with Crippen molar-refractivity contribution in [3.8, 4) is 11.4 Å². The predicted octanol–water partition coefficient (Wildman–Crippen LogP) is 5.16. The third-order valence-corrected chi connectivity index (χ3v) is 6.66. The van der Waals surface area contributed by atoms with E-state index in [1.807, 2.05) is 43.3 Å². The van der Waals surface area contributed by atoms with Gasteiger partial charge in [-0.1, -0.05) is 42.8 Å². The predicted molar refractivity (Wildman–Crippen MR) is 118 cm³/mol. The number of benzene rings is 2. The topological polar surface area (TPSA) is 73.1 Å². The van der Waals surface area contributed by atoms with Gasteiger partial charge < -0.3 is 4.74 Å². The number of hydrogen-bond acceptors (Lipinski definition) is 5. The summed E-state index contributed by atoms with van der Waals surface area (Å²) in [6.07, 6.45) is 2.98. The maximum absolute atomic E-state index is 13.1. The average Bonchev–Trinajstić information content (AvgIpc) is 3.27. The Hall–Kier alpha value is -2.93. The maximum atomic E-state index is 13.1. The van der Waals surface area contributed by atoms with Gasteiger partial charge in [0.25, 0.3) is 0 Å². The highest BCUT2D eigenvalue weighted by Gasteiger charge is 2.46. The van der Waals surface area contributed by atoms with E-state index in [1.54, 1.807) is 28.8 Å². The second-order valence-corrected chi connectivity index (χ2v) is 8.71. The largest absolute Gasteiger partial charge is 0.415 e. The van der Waals surface area contributed by atoms with Gasteiger partial charge in [0.1, 0.15) is 11.3 Å². The fourth-order valence-corrected chi connectivity index (χ4v) is 4.32. The van der Waals surface area contributed by atoms with Gasteiger partial charge in [-0.25, -0.2) is 4.79 Å². The smallest absolute Gasteiger partial charge is 0.410 e. The Bertz CT molecular complexity index is 1060. The van der Waals surface area contributed by atoms with E-state index in [2.05, 4.69) is 22.4 Å². The van der Waals surface area contributed by atoms with Crippen LogP contribution in [0.4, 0.5) is 4.79 Å². The number of hydrogen-bond donors (Lipinski definition) is 0. The van der Waals surface area contributed by atoms with Crippen molar-refractivity contribution in [3.05, 3.63) is 64.9 Å². The van der Waals surface area contributed by atoms with Gasteiger partial charge in [-0.15, -0.1) is 5.10 Å². The van der Waals surface area contributed by atoms with Crippen molar-refractivity contribution in [1.82, 2.24) is 25.1 Å². The van der Waals surface area contributed by atoms with Gasteiger partial charge in [0.2, 0.25) is 0 Å². The molecule has 0 aliphatic heterocycles. The summed E-state index contributed by atoms with van der Waals surface area (Å²) in [5.74, 6) is 1.69. The number of halogens is 1. The van der Waals surface area contributed by atoms with Crippen molar-refractivity contribution in [2.24, 2.45) is 5.92 Å². The molecule has 0 bridgehead atoms. The first-order valence-corrected chi connectivity index (χ1v) is 10.8. The molecule has 1 aliphatic carbocycles. The highest BCUT2D eigenvalue weighted by molar-refractivity contribution is 6.31. The second kappa shape index (κ2) is 8.67. The minimum atomic E-state index is -0.681. The molecule has 1 aliphatic rings. The Kier molecular flexibility index (Phi) is 5.96. The van der Waals surface area contributed by atoms with Crippen LogP contribution in [0.25, 0.3) is 5.69 Å². The highest BCUT2D eigenvalue weighted by atomic mass is 35.5. The van der Waals surface area contributed by atoms with E-state index in [9.17, 15) is 4.79 Å². The van der Waals surface area contributed by atoms with Crippen molar-refractivity contribution in [2.45, 2.75) is 45.1 Å². The molecule has 1 amide bonds. The molecule has 0 unspecified atom stereocenters. The summed E-state index contributed by atoms with van der Waals surface area (Å²) in [6, 6.07) is 14.8. The first-order chi connectivity index (χ1) is 14.9. The van der Waals surface area contributed by atoms with Crippen LogP contribution in [-0.2, 0) is 5.54 Å². The molecule has 0 radical (unpaired) electrons. The summed E-state index contributed by atoms with van der Waals surface area (Å²) in [5, 5.41) is 13.2. The standard InChI is InChI=1S/C23H26ClN5O2/c1-16-11-13-23(14-12-16,28(3)22(30)31-19-7-5-4-6-8-19)21-25-26-27-29(21)18-10-9-17(2)20(24)15-18/h4-10,15-16H,11-14H2,1-3H3. The number of rotatable bonds is 4. The molecule has 8 heteroatoms. The van der Waals surface area contributed by atoms with Gasteiger partial charge in [0.05, 0.1) is 5.69 Å². The molecule has 2 aromatic carbocycles. The molecule has 1 fully saturated rings. The molecular formula is C23H26ClN5O2. The third-order valence-electron chi connectivity index (χ3n) is 6.25. The zero-order valence-electron chi connectivity index (χ0n) is 18.0. The zero-order chi connectivity index (χ0) is 22.0. The fraction of sp³-hybridized carbons (Fsp3) is 0.391. The molecule has 4 rings (SSSR count). The monoisotopic (exact) mass is 439 g/mol. The Morgan fingerprint density at radius 2 is 1.90 bits per heavy atom. The summed E-state index contributed by atoms with van der Waals surface area (Å²) in [5.41, 5.74) is 1.06. The summed E-state index contributed by atoms with van der Waals surface area (Å²) >= 11 is 6.36. The molecule has 0 N–H and O–H groups in total. The van der Waals surface area contributed by atoms with Crippen LogP contribution in [-0.4, -0.2) is 38.2 Å². The van der Waals surface area contributed by atoms with Crippen LogP contribution in [0.15, 0.2) is 48.5 Å². The lowest BCUT2D eigenvalue weighted by Crippen LogP contribution is -2.51. The van der Waals surface area contributed by atoms with Crippen molar-refractivity contribution >= 4 is 17.7 Å². The van der Waals surface area contributed by atoms with Crippen molar-refractivity contribution in [1.29, 1.82) is 0 Å². The molecule has 0 spiro atoms. The lowest BCUT2D eigenvalue weighted by atomic mass is 9.75. The third kappa shape index (κ3) is 4.14. The quantitative estimate of drug-likeness (QED) is 0.561. The molecule has 162 valence electrons. The van der Waals surface area contributed by atoms with E-state index < -0.39 is 11.6 Å². The lowest BCUT2D eigenvalue weighted by molar-refractivity contribution is 0.0514. The zero-order valence-corrected chi connectivity index (χ0v) is 18.7. The van der Waals surface area contributed by atoms with E-state index in [4.69, 9.17) is 16.3 Å². The summed E-state index contributed by atoms with van der Waals surface area (Å²) in [6.45, 7) is 4.18. The Balaban J connectivity index is 1.73. The van der Waals surface area contributed by atoms with Crippen molar-refractivity contribution in [3.63, 3.8) is 0 Å². The van der Waals surface area contributed by atoms with Crippen LogP contribution in [0.1, 0.15) is 44.0 Å². The summed E-state index contributed by atoms with van der Waals surface area (Å²) < 4.78 is 7.34. The van der Waals surface area contributed by atoms with E-state index in [-0.39, 0.29) is 0 Å². The van der Waals surface area contributed by atoms with Crippen LogP contribution in [0, 0.1) is 12.8 Å². The molecule has 3 aromatic rings. The molecule has 0 saturated heterocycles. The van der Waals surface area contributed by atoms with Crippen LogP contribution >= 0.6 is 11.6 Å². The number of tetrazole rings is 1. The molecule has 31 heavy (non-hydrogen) atoms. The number of ether oxygens (including phenoxy) is 1. The normalized spacial score (nSPS) is 21.0. The van der Waals surface area contributed by atoms with Gasteiger partial charge in [0, 0.05) is 12.1 Å². The number of para-hydroxylation sites is 1. The van der Waals surface area contributed by atoms with Gasteiger partial charge in [-0.2, -0.15) is 4.68 Å². The van der Waals surface area contributed by atoms with Gasteiger partial charge in [-0.05, 0) is 78.8 Å². The summed E-state index contributed by atoms with van der Waals surface area (Å²) in [7, 11) is 1.77. The molecular weight excluding hydrogens is 414 g/mol. The van der Waals surface area contributed by atoms with Crippen LogP contribution < -0.4 is 4.74 Å². The minimum Gasteiger partial charge on any atom is -0.410 e. The van der Waals surface area contributed by atoms with Crippen LogP contribution in [0.2, 0.25) is 5.02 Å². The molecule has 1 aromatic heterocycles. The Morgan fingerprint density at radius 1 is 1.19 bits per heavy atom. The van der Waals surface area contributed by atoms with E-state index in [1.165, 1.54) is 0 Å². The number of carbonyl (C=O) groups excluding carboxylic acids is 1. The maximum Gasteiger partial charge on any atom is 0.415 e. The molecule has 1 heterocycles. The lowest BCUT2D eigenvalue weighted by Gasteiger charge is -2.44. The van der Waals surface area contributed by atoms with Gasteiger partial charge >= 0.3 is 6.09 Å². The minimum absolute atomic E-state index is 0.433. The first-order valence-electron chi connectivity index (χ1n) is 10.5. The summed E-state index contributed by atoms with van der Waals surface area (Å²) in [4.78, 5) is 14.8. The number of amides is 1. The SMILES string of the molecule is Cc1ccc(-n2nnnc2C2(N(C)C(=O)Oc3ccccc3)CCC(C)CC2)cc1Cl. The fourth-order valence-electron chi connectivity index (χ4n) is 4.15. The van der Waals surface area contributed by atoms with Crippen molar-refractivity contribution < 1.29 is 9.53 Å². The van der Waals surface area contributed by atoms with Gasteiger partial charge in [-0.3, -0.25) is 4.90 Å². The highest BCUT2D eigenvalue weighted by Crippen LogP contribution is 2.43. The van der Waals surface area contributed by atoms with Crippen LogP contribution in [0.5, 0.6) is 5.75 Å². The molecule has 0 atom stereocenters. The van der Waals surface area contributed by atoms with E-state index in [0.29, 0.717) is 22.5 Å². The van der Waals surface area contributed by atoms with E-state index >= 15 is 0 Å². The molecule has 1 saturated carbocycles. The first kappa shape index (κ1) is 21.3. The Labute approximate surface area is 187 Å². The van der Waals surface area contributed by atoms with E-state index in [0.717, 1.165) is 36.9 Å². The number of carbonyl (C=O) groups is 1. The van der Waals surface area contributed by atoms with Gasteiger partial charge in [0.15, 0.2) is 5.82 Å². The van der Waals surface area contributed by atoms with Crippen molar-refractivity contribution in [2.75, 3.05) is 7.05 Å². The average molecular weight is 440 g/mol. The van der Waals surface area contributed by atoms with Crippen LogP contribution in [0.3, 0.4) is 0 Å². The second-order valence-electron chi connectivity index (χ2n) is 8.30. The number of nitrogens with zero attached hydrogens (tertiary/aromatic N) is 5. The Morgan fingerprint density at radius 3 is 2.58 bits per heavy atom.